The lowest BCUT2D eigenvalue weighted by atomic mass is 10.0. The van der Waals surface area contributed by atoms with Crippen LogP contribution in [0.15, 0.2) is 18.2 Å². The lowest BCUT2D eigenvalue weighted by Crippen LogP contribution is -2.45. The Morgan fingerprint density at radius 2 is 2.06 bits per heavy atom. The van der Waals surface area contributed by atoms with E-state index < -0.39 is 11.6 Å². The molecule has 0 radical (unpaired) electrons. The van der Waals surface area contributed by atoms with Gasteiger partial charge in [-0.15, -0.1) is 0 Å². The topological polar surface area (TPSA) is 39.1 Å². The number of halogens is 2. The normalized spacial score (nSPS) is 18.3. The molecule has 0 aliphatic carbocycles. The van der Waals surface area contributed by atoms with Crippen molar-refractivity contribution in [1.29, 1.82) is 5.26 Å². The lowest BCUT2D eigenvalue weighted by molar-refractivity contribution is 0.172. The van der Waals surface area contributed by atoms with Crippen LogP contribution in [-0.2, 0) is 0 Å². The molecular formula is C13H15F2N3. The Morgan fingerprint density at radius 1 is 1.33 bits per heavy atom. The summed E-state index contributed by atoms with van der Waals surface area (Å²) < 4.78 is 27.0. The van der Waals surface area contributed by atoms with Crippen molar-refractivity contribution < 1.29 is 8.78 Å². The molecule has 0 bridgehead atoms. The molecule has 1 aromatic rings. The van der Waals surface area contributed by atoms with Crippen LogP contribution in [0.5, 0.6) is 0 Å². The molecule has 3 nitrogen and oxygen atoms in total. The molecule has 1 fully saturated rings. The number of nitrogens with one attached hydrogen (secondary N) is 1. The van der Waals surface area contributed by atoms with Crippen molar-refractivity contribution in [3.63, 3.8) is 0 Å². The van der Waals surface area contributed by atoms with Crippen LogP contribution in [0, 0.1) is 23.0 Å². The molecule has 96 valence electrons. The second-order valence-electron chi connectivity index (χ2n) is 4.33. The number of benzene rings is 1. The van der Waals surface area contributed by atoms with Crippen LogP contribution in [0.2, 0.25) is 0 Å². The smallest absolute Gasteiger partial charge is 0.128 e. The monoisotopic (exact) mass is 251 g/mol. The maximum atomic E-state index is 13.8. The fourth-order valence-electron chi connectivity index (χ4n) is 2.29. The van der Waals surface area contributed by atoms with Gasteiger partial charge in [0, 0.05) is 31.7 Å². The fraction of sp³-hybridized carbons (Fsp3) is 0.462. The Morgan fingerprint density at radius 3 is 2.72 bits per heavy atom. The van der Waals surface area contributed by atoms with Gasteiger partial charge in [0.25, 0.3) is 0 Å². The first-order valence-corrected chi connectivity index (χ1v) is 5.99. The van der Waals surface area contributed by atoms with Gasteiger partial charge in [-0.3, -0.25) is 4.90 Å². The van der Waals surface area contributed by atoms with E-state index in [0.29, 0.717) is 0 Å². The maximum absolute atomic E-state index is 13.8. The van der Waals surface area contributed by atoms with E-state index in [1.165, 1.54) is 6.07 Å². The van der Waals surface area contributed by atoms with Gasteiger partial charge >= 0.3 is 0 Å². The molecule has 1 aliphatic heterocycles. The van der Waals surface area contributed by atoms with Crippen LogP contribution in [0.4, 0.5) is 8.78 Å². The van der Waals surface area contributed by atoms with E-state index in [1.54, 1.807) is 0 Å². The molecule has 1 heterocycles. The highest BCUT2D eigenvalue weighted by Gasteiger charge is 2.24. The third-order valence-electron chi connectivity index (χ3n) is 3.19. The molecule has 0 aromatic heterocycles. The molecule has 0 spiro atoms. The predicted molar refractivity (Wildman–Crippen MR) is 63.8 cm³/mol. The molecule has 1 atom stereocenters. The van der Waals surface area contributed by atoms with E-state index in [9.17, 15) is 8.78 Å². The van der Waals surface area contributed by atoms with Gasteiger partial charge in [-0.25, -0.2) is 8.78 Å². The van der Waals surface area contributed by atoms with Crippen molar-refractivity contribution in [3.8, 4) is 6.07 Å². The summed E-state index contributed by atoms with van der Waals surface area (Å²) in [7, 11) is 0. The minimum Gasteiger partial charge on any atom is -0.314 e. The van der Waals surface area contributed by atoms with Gasteiger partial charge in [0.05, 0.1) is 18.5 Å². The van der Waals surface area contributed by atoms with E-state index in [2.05, 4.69) is 11.4 Å². The van der Waals surface area contributed by atoms with E-state index in [-0.39, 0.29) is 18.0 Å². The zero-order valence-electron chi connectivity index (χ0n) is 10.00. The number of nitriles is 1. The molecule has 1 aliphatic rings. The quantitative estimate of drug-likeness (QED) is 0.890. The summed E-state index contributed by atoms with van der Waals surface area (Å²) >= 11 is 0. The molecule has 18 heavy (non-hydrogen) atoms. The third-order valence-corrected chi connectivity index (χ3v) is 3.19. The number of hydrogen-bond donors (Lipinski definition) is 1. The van der Waals surface area contributed by atoms with Crippen molar-refractivity contribution in [1.82, 2.24) is 10.2 Å². The molecule has 0 amide bonds. The highest BCUT2D eigenvalue weighted by molar-refractivity contribution is 5.23. The van der Waals surface area contributed by atoms with Gasteiger partial charge in [-0.05, 0) is 18.2 Å². The van der Waals surface area contributed by atoms with Gasteiger partial charge in [0.1, 0.15) is 11.6 Å². The molecule has 2 rings (SSSR count). The standard InChI is InChI=1S/C13H15F2N3/c14-10-1-2-12(15)11(9-10)13(3-4-16)18-7-5-17-6-8-18/h1-2,9,13,17H,3,5-8H2/t13-/m0/s1. The Labute approximate surface area is 105 Å². The van der Waals surface area contributed by atoms with Gasteiger partial charge in [0.15, 0.2) is 0 Å². The van der Waals surface area contributed by atoms with Crippen molar-refractivity contribution in [2.75, 3.05) is 26.2 Å². The third kappa shape index (κ3) is 2.84. The van der Waals surface area contributed by atoms with Crippen molar-refractivity contribution in [2.24, 2.45) is 0 Å². The number of rotatable bonds is 3. The first-order chi connectivity index (χ1) is 8.72. The lowest BCUT2D eigenvalue weighted by Gasteiger charge is -2.34. The Bertz CT molecular complexity index is 450. The van der Waals surface area contributed by atoms with Crippen LogP contribution >= 0.6 is 0 Å². The minimum absolute atomic E-state index is 0.167. The number of nitrogens with zero attached hydrogens (tertiary/aromatic N) is 2. The second kappa shape index (κ2) is 5.89. The van der Waals surface area contributed by atoms with Crippen LogP contribution in [0.1, 0.15) is 18.0 Å². The molecule has 1 saturated heterocycles. The molecule has 0 saturated carbocycles. The predicted octanol–water partition coefficient (Wildman–Crippen LogP) is 1.82. The van der Waals surface area contributed by atoms with Gasteiger partial charge in [0.2, 0.25) is 0 Å². The summed E-state index contributed by atoms with van der Waals surface area (Å²) in [6.45, 7) is 3.09. The van der Waals surface area contributed by atoms with Crippen LogP contribution < -0.4 is 5.32 Å². The van der Waals surface area contributed by atoms with Crippen molar-refractivity contribution in [2.45, 2.75) is 12.5 Å². The fourth-order valence-corrected chi connectivity index (χ4v) is 2.29. The molecule has 1 aromatic carbocycles. The molecule has 5 heteroatoms. The Hall–Kier alpha value is -1.51. The van der Waals surface area contributed by atoms with E-state index in [0.717, 1.165) is 38.3 Å². The number of piperazine rings is 1. The first-order valence-electron chi connectivity index (χ1n) is 5.99. The Kier molecular flexibility index (Phi) is 4.24. The van der Waals surface area contributed by atoms with Gasteiger partial charge in [-0.1, -0.05) is 0 Å². The van der Waals surface area contributed by atoms with Crippen molar-refractivity contribution >= 4 is 0 Å². The summed E-state index contributed by atoms with van der Waals surface area (Å²) in [6, 6.07) is 5.10. The largest absolute Gasteiger partial charge is 0.314 e. The summed E-state index contributed by atoms with van der Waals surface area (Å²) in [6.07, 6.45) is 0.167. The molecule has 1 N–H and O–H groups in total. The van der Waals surface area contributed by atoms with E-state index >= 15 is 0 Å². The Balaban J connectivity index is 2.28. The van der Waals surface area contributed by atoms with Gasteiger partial charge < -0.3 is 5.32 Å². The van der Waals surface area contributed by atoms with Crippen LogP contribution in [-0.4, -0.2) is 31.1 Å². The molecular weight excluding hydrogens is 236 g/mol. The van der Waals surface area contributed by atoms with Crippen LogP contribution in [0.3, 0.4) is 0 Å². The van der Waals surface area contributed by atoms with E-state index in [1.807, 2.05) is 4.90 Å². The average molecular weight is 251 g/mol. The molecule has 0 unspecified atom stereocenters. The van der Waals surface area contributed by atoms with E-state index in [4.69, 9.17) is 5.26 Å². The minimum atomic E-state index is -0.468. The average Bonchev–Trinajstić information content (AvgIpc) is 2.40. The van der Waals surface area contributed by atoms with Crippen molar-refractivity contribution in [3.05, 3.63) is 35.4 Å². The highest BCUT2D eigenvalue weighted by atomic mass is 19.1. The zero-order valence-corrected chi connectivity index (χ0v) is 10.00. The van der Waals surface area contributed by atoms with Crippen LogP contribution in [0.25, 0.3) is 0 Å². The highest BCUT2D eigenvalue weighted by Crippen LogP contribution is 2.27. The van der Waals surface area contributed by atoms with Gasteiger partial charge in [-0.2, -0.15) is 5.26 Å². The second-order valence-corrected chi connectivity index (χ2v) is 4.33. The summed E-state index contributed by atoms with van der Waals surface area (Å²) in [5, 5.41) is 12.1. The zero-order chi connectivity index (χ0) is 13.0. The number of hydrogen-bond acceptors (Lipinski definition) is 3. The SMILES string of the molecule is N#CC[C@@H](c1cc(F)ccc1F)N1CCNCC1. The summed E-state index contributed by atoms with van der Waals surface area (Å²) in [4.78, 5) is 2.03. The maximum Gasteiger partial charge on any atom is 0.128 e. The first kappa shape index (κ1) is 12.9. The summed E-state index contributed by atoms with van der Waals surface area (Å²) in [5.41, 5.74) is 0.276. The summed E-state index contributed by atoms with van der Waals surface area (Å²) in [5.74, 6) is -0.917.